The van der Waals surface area contributed by atoms with E-state index >= 15 is 0 Å². The van der Waals surface area contributed by atoms with Crippen molar-refractivity contribution < 1.29 is 4.74 Å². The number of hydrogen-bond acceptors (Lipinski definition) is 4. The molecule has 2 N–H and O–H groups in total. The number of rotatable bonds is 7. The Labute approximate surface area is 145 Å². The highest BCUT2D eigenvalue weighted by atomic mass is 16.5. The number of hydrazine groups is 1. The first kappa shape index (κ1) is 16.9. The first-order chi connectivity index (χ1) is 11.8. The van der Waals surface area contributed by atoms with Crippen molar-refractivity contribution in [2.24, 2.45) is 0 Å². The lowest BCUT2D eigenvalue weighted by Crippen LogP contribution is -2.28. The minimum atomic E-state index is 0.746. The van der Waals surface area contributed by atoms with E-state index < -0.39 is 0 Å². The van der Waals surface area contributed by atoms with Crippen molar-refractivity contribution in [1.82, 2.24) is 15.8 Å². The molecule has 24 heavy (non-hydrogen) atoms. The predicted octanol–water partition coefficient (Wildman–Crippen LogP) is 3.68. The fourth-order valence-electron chi connectivity index (χ4n) is 3.47. The summed E-state index contributed by atoms with van der Waals surface area (Å²) in [5, 5.41) is 0. The monoisotopic (exact) mass is 327 g/mol. The zero-order valence-corrected chi connectivity index (χ0v) is 14.8. The highest BCUT2D eigenvalue weighted by Crippen LogP contribution is 2.23. The van der Waals surface area contributed by atoms with Crippen LogP contribution in [-0.2, 0) is 0 Å². The summed E-state index contributed by atoms with van der Waals surface area (Å²) in [6, 6.07) is 9.12. The van der Waals surface area contributed by atoms with Crippen LogP contribution in [0.25, 0.3) is 5.70 Å². The number of benzene rings is 1. The SMILES string of the molecule is CCC1=C(c2ccc(OCCCN3CCC[C@H]3C)cc2)NNC=C1. The molecule has 130 valence electrons. The Morgan fingerprint density at radius 1 is 1.25 bits per heavy atom. The first-order valence-electron chi connectivity index (χ1n) is 9.16. The molecule has 4 heteroatoms. The molecule has 0 aromatic heterocycles. The lowest BCUT2D eigenvalue weighted by Gasteiger charge is -2.21. The average molecular weight is 327 g/mol. The smallest absolute Gasteiger partial charge is 0.119 e. The molecule has 2 heterocycles. The van der Waals surface area contributed by atoms with Crippen molar-refractivity contribution in [3.8, 4) is 5.75 Å². The molecule has 1 atom stereocenters. The van der Waals surface area contributed by atoms with E-state index in [4.69, 9.17) is 4.74 Å². The van der Waals surface area contributed by atoms with Crippen LogP contribution >= 0.6 is 0 Å². The third-order valence-electron chi connectivity index (χ3n) is 4.96. The maximum atomic E-state index is 5.90. The minimum absolute atomic E-state index is 0.746. The summed E-state index contributed by atoms with van der Waals surface area (Å²) in [7, 11) is 0. The molecular weight excluding hydrogens is 298 g/mol. The van der Waals surface area contributed by atoms with Crippen LogP contribution in [0.1, 0.15) is 45.1 Å². The summed E-state index contributed by atoms with van der Waals surface area (Å²) in [6.07, 6.45) is 8.84. The van der Waals surface area contributed by atoms with Gasteiger partial charge >= 0.3 is 0 Å². The van der Waals surface area contributed by atoms with Crippen molar-refractivity contribution in [2.75, 3.05) is 19.7 Å². The average Bonchev–Trinajstić information content (AvgIpc) is 3.04. The topological polar surface area (TPSA) is 36.5 Å². The van der Waals surface area contributed by atoms with E-state index in [-0.39, 0.29) is 0 Å². The van der Waals surface area contributed by atoms with E-state index in [1.165, 1.54) is 30.5 Å². The maximum absolute atomic E-state index is 5.90. The summed E-state index contributed by atoms with van der Waals surface area (Å²) in [5.41, 5.74) is 9.94. The van der Waals surface area contributed by atoms with Gasteiger partial charge in [-0.05, 0) is 80.6 Å². The Morgan fingerprint density at radius 2 is 2.08 bits per heavy atom. The molecule has 0 aliphatic carbocycles. The predicted molar refractivity (Wildman–Crippen MR) is 99.4 cm³/mol. The van der Waals surface area contributed by atoms with Gasteiger partial charge in [0.2, 0.25) is 0 Å². The fraction of sp³-hybridized carbons (Fsp3) is 0.500. The van der Waals surface area contributed by atoms with Gasteiger partial charge in [-0.3, -0.25) is 0 Å². The Balaban J connectivity index is 1.49. The Morgan fingerprint density at radius 3 is 2.79 bits per heavy atom. The standard InChI is InChI=1S/C20H29N3O/c1-3-17-11-12-21-22-20(17)18-7-9-19(10-8-18)24-15-5-14-23-13-4-6-16(23)2/h7-12,16,21-22H,3-6,13-15H2,1-2H3/t16-/m1/s1. The van der Waals surface area contributed by atoms with E-state index in [0.717, 1.165) is 43.5 Å². The van der Waals surface area contributed by atoms with Crippen LogP contribution in [-0.4, -0.2) is 30.6 Å². The van der Waals surface area contributed by atoms with Gasteiger partial charge in [-0.1, -0.05) is 6.92 Å². The molecule has 1 aromatic carbocycles. The van der Waals surface area contributed by atoms with E-state index in [1.807, 2.05) is 6.20 Å². The van der Waals surface area contributed by atoms with Crippen LogP contribution in [0.3, 0.4) is 0 Å². The summed E-state index contributed by atoms with van der Waals surface area (Å²) >= 11 is 0. The van der Waals surface area contributed by atoms with E-state index in [2.05, 4.69) is 59.9 Å². The van der Waals surface area contributed by atoms with Gasteiger partial charge in [-0.2, -0.15) is 0 Å². The normalized spacial score (nSPS) is 20.8. The number of nitrogens with zero attached hydrogens (tertiary/aromatic N) is 1. The molecule has 1 saturated heterocycles. The second kappa shape index (κ2) is 8.25. The Hall–Kier alpha value is -1.94. The second-order valence-electron chi connectivity index (χ2n) is 6.61. The van der Waals surface area contributed by atoms with E-state index in [1.54, 1.807) is 0 Å². The highest BCUT2D eigenvalue weighted by molar-refractivity contribution is 5.70. The van der Waals surface area contributed by atoms with Crippen LogP contribution < -0.4 is 15.6 Å². The molecule has 2 aliphatic heterocycles. The molecule has 0 bridgehead atoms. The van der Waals surface area contributed by atoms with Crippen LogP contribution in [0.5, 0.6) is 5.75 Å². The molecule has 0 radical (unpaired) electrons. The molecular formula is C20H29N3O. The highest BCUT2D eigenvalue weighted by Gasteiger charge is 2.19. The zero-order chi connectivity index (χ0) is 16.8. The molecule has 0 amide bonds. The molecule has 2 aliphatic rings. The third kappa shape index (κ3) is 4.12. The van der Waals surface area contributed by atoms with Gasteiger partial charge < -0.3 is 20.5 Å². The quantitative estimate of drug-likeness (QED) is 0.749. The summed E-state index contributed by atoms with van der Waals surface area (Å²) < 4.78 is 5.90. The van der Waals surface area contributed by atoms with Crippen LogP contribution in [0, 0.1) is 0 Å². The van der Waals surface area contributed by atoms with Gasteiger partial charge in [0.1, 0.15) is 5.75 Å². The number of nitrogens with one attached hydrogen (secondary N) is 2. The van der Waals surface area contributed by atoms with Crippen LogP contribution in [0.15, 0.2) is 42.1 Å². The Kier molecular flexibility index (Phi) is 5.81. The Bertz CT molecular complexity index is 591. The maximum Gasteiger partial charge on any atom is 0.119 e. The molecule has 0 spiro atoms. The van der Waals surface area contributed by atoms with Gasteiger partial charge in [0.05, 0.1) is 12.3 Å². The van der Waals surface area contributed by atoms with Crippen molar-refractivity contribution in [3.05, 3.63) is 47.7 Å². The molecule has 4 nitrogen and oxygen atoms in total. The fourth-order valence-corrected chi connectivity index (χ4v) is 3.47. The van der Waals surface area contributed by atoms with Crippen molar-refractivity contribution in [2.45, 2.75) is 45.6 Å². The number of allylic oxidation sites excluding steroid dienone is 2. The van der Waals surface area contributed by atoms with Gasteiger partial charge in [-0.15, -0.1) is 0 Å². The second-order valence-corrected chi connectivity index (χ2v) is 6.61. The molecule has 1 aromatic rings. The van der Waals surface area contributed by atoms with Crippen LogP contribution in [0.2, 0.25) is 0 Å². The largest absolute Gasteiger partial charge is 0.494 e. The molecule has 3 rings (SSSR count). The van der Waals surface area contributed by atoms with Gasteiger partial charge in [-0.25, -0.2) is 0 Å². The third-order valence-corrected chi connectivity index (χ3v) is 4.96. The molecule has 1 fully saturated rings. The zero-order valence-electron chi connectivity index (χ0n) is 14.8. The summed E-state index contributed by atoms with van der Waals surface area (Å²) in [4.78, 5) is 2.57. The van der Waals surface area contributed by atoms with E-state index in [0.29, 0.717) is 0 Å². The summed E-state index contributed by atoms with van der Waals surface area (Å²) in [6.45, 7) is 7.68. The molecule has 0 saturated carbocycles. The first-order valence-corrected chi connectivity index (χ1v) is 9.16. The number of ether oxygens (including phenoxy) is 1. The lowest BCUT2D eigenvalue weighted by molar-refractivity contribution is 0.230. The lowest BCUT2D eigenvalue weighted by atomic mass is 10.0. The molecule has 0 unspecified atom stereocenters. The number of hydrogen-bond donors (Lipinski definition) is 2. The van der Waals surface area contributed by atoms with Gasteiger partial charge in [0.25, 0.3) is 0 Å². The van der Waals surface area contributed by atoms with Crippen molar-refractivity contribution in [3.63, 3.8) is 0 Å². The van der Waals surface area contributed by atoms with Gasteiger partial charge in [0, 0.05) is 18.8 Å². The number of likely N-dealkylation sites (tertiary alicyclic amines) is 1. The minimum Gasteiger partial charge on any atom is -0.494 e. The van der Waals surface area contributed by atoms with Crippen LogP contribution in [0.4, 0.5) is 0 Å². The van der Waals surface area contributed by atoms with Crippen molar-refractivity contribution >= 4 is 5.70 Å². The van der Waals surface area contributed by atoms with Crippen molar-refractivity contribution in [1.29, 1.82) is 0 Å². The summed E-state index contributed by atoms with van der Waals surface area (Å²) in [5.74, 6) is 0.950. The van der Waals surface area contributed by atoms with Gasteiger partial charge in [0.15, 0.2) is 0 Å². The van der Waals surface area contributed by atoms with E-state index in [9.17, 15) is 0 Å².